The number of carbonyl (C=O) groups is 1. The number of hydrogen-bond donors (Lipinski definition) is 1. The average Bonchev–Trinajstić information content (AvgIpc) is 2.90. The number of nitrogens with one attached hydrogen (secondary N) is 1. The fourth-order valence-corrected chi connectivity index (χ4v) is 2.79. The third-order valence-corrected chi connectivity index (χ3v) is 4.11. The van der Waals surface area contributed by atoms with Gasteiger partial charge in [0, 0.05) is 6.04 Å². The van der Waals surface area contributed by atoms with E-state index in [2.05, 4.69) is 15.1 Å². The molecule has 7 heteroatoms. The zero-order valence-corrected chi connectivity index (χ0v) is 14.7. The predicted molar refractivity (Wildman–Crippen MR) is 93.4 cm³/mol. The smallest absolute Gasteiger partial charge is 0.260 e. The standard InChI is InChI=1S/C18H20N4O3/c1-10(2)22(18(24)16-11(3)21-25-12(16)4)9-15-19-14-8-6-5-7-13(14)17(23)20-15/h5-8,10H,9H2,1-4H3,(H,19,20,23). The van der Waals surface area contributed by atoms with E-state index in [1.54, 1.807) is 36.9 Å². The van der Waals surface area contributed by atoms with Crippen LogP contribution in [-0.2, 0) is 6.54 Å². The molecular weight excluding hydrogens is 320 g/mol. The molecule has 0 aliphatic carbocycles. The minimum Gasteiger partial charge on any atom is -0.361 e. The first-order valence-electron chi connectivity index (χ1n) is 8.10. The van der Waals surface area contributed by atoms with E-state index in [1.165, 1.54) is 0 Å². The molecule has 0 spiro atoms. The monoisotopic (exact) mass is 340 g/mol. The summed E-state index contributed by atoms with van der Waals surface area (Å²) >= 11 is 0. The third kappa shape index (κ3) is 3.17. The highest BCUT2D eigenvalue weighted by molar-refractivity contribution is 5.96. The van der Waals surface area contributed by atoms with Crippen molar-refractivity contribution >= 4 is 16.8 Å². The Morgan fingerprint density at radius 1 is 1.28 bits per heavy atom. The van der Waals surface area contributed by atoms with Crippen molar-refractivity contribution in [2.75, 3.05) is 0 Å². The Kier molecular flexibility index (Phi) is 4.39. The van der Waals surface area contributed by atoms with Gasteiger partial charge < -0.3 is 14.4 Å². The van der Waals surface area contributed by atoms with E-state index in [0.29, 0.717) is 33.7 Å². The molecule has 1 N–H and O–H groups in total. The van der Waals surface area contributed by atoms with Crippen LogP contribution in [0, 0.1) is 13.8 Å². The van der Waals surface area contributed by atoms with Crippen LogP contribution in [0.1, 0.15) is 41.5 Å². The summed E-state index contributed by atoms with van der Waals surface area (Å²) in [5, 5.41) is 4.37. The molecular formula is C18H20N4O3. The van der Waals surface area contributed by atoms with E-state index in [-0.39, 0.29) is 24.1 Å². The molecule has 130 valence electrons. The third-order valence-electron chi connectivity index (χ3n) is 4.11. The normalized spacial score (nSPS) is 11.2. The van der Waals surface area contributed by atoms with Crippen LogP contribution in [0.3, 0.4) is 0 Å². The van der Waals surface area contributed by atoms with Gasteiger partial charge in [0.05, 0.1) is 23.1 Å². The highest BCUT2D eigenvalue weighted by Gasteiger charge is 2.26. The van der Waals surface area contributed by atoms with E-state index in [4.69, 9.17) is 4.52 Å². The molecule has 2 heterocycles. The summed E-state index contributed by atoms with van der Waals surface area (Å²) < 4.78 is 5.10. The summed E-state index contributed by atoms with van der Waals surface area (Å²) in [7, 11) is 0. The second-order valence-corrected chi connectivity index (χ2v) is 6.26. The Balaban J connectivity index is 1.98. The molecule has 0 radical (unpaired) electrons. The zero-order valence-electron chi connectivity index (χ0n) is 14.7. The number of aromatic amines is 1. The Labute approximate surface area is 144 Å². The maximum Gasteiger partial charge on any atom is 0.260 e. The van der Waals surface area contributed by atoms with Gasteiger partial charge in [0.15, 0.2) is 0 Å². The summed E-state index contributed by atoms with van der Waals surface area (Å²) in [4.78, 5) is 34.1. The van der Waals surface area contributed by atoms with Gasteiger partial charge in [-0.2, -0.15) is 0 Å². The SMILES string of the molecule is Cc1noc(C)c1C(=O)N(Cc1nc2ccccc2c(=O)[nH]1)C(C)C. The number of hydrogen-bond acceptors (Lipinski definition) is 5. The second kappa shape index (κ2) is 6.51. The lowest BCUT2D eigenvalue weighted by molar-refractivity contribution is 0.0682. The molecule has 0 saturated heterocycles. The average molecular weight is 340 g/mol. The number of amides is 1. The van der Waals surface area contributed by atoms with Gasteiger partial charge in [-0.05, 0) is 39.8 Å². The minimum absolute atomic E-state index is 0.0852. The minimum atomic E-state index is -0.214. The Morgan fingerprint density at radius 2 is 2.00 bits per heavy atom. The first kappa shape index (κ1) is 16.9. The van der Waals surface area contributed by atoms with Crippen LogP contribution in [0.15, 0.2) is 33.6 Å². The molecule has 25 heavy (non-hydrogen) atoms. The van der Waals surface area contributed by atoms with Crippen molar-refractivity contribution in [1.29, 1.82) is 0 Å². The van der Waals surface area contributed by atoms with E-state index < -0.39 is 0 Å². The molecule has 0 aliphatic heterocycles. The highest BCUT2D eigenvalue weighted by Crippen LogP contribution is 2.18. The fourth-order valence-electron chi connectivity index (χ4n) is 2.79. The number of aryl methyl sites for hydroxylation is 2. The largest absolute Gasteiger partial charge is 0.361 e. The molecule has 0 unspecified atom stereocenters. The van der Waals surface area contributed by atoms with Crippen LogP contribution >= 0.6 is 0 Å². The first-order valence-corrected chi connectivity index (χ1v) is 8.10. The lowest BCUT2D eigenvalue weighted by Crippen LogP contribution is -2.38. The van der Waals surface area contributed by atoms with Crippen LogP contribution in [-0.4, -0.2) is 32.0 Å². The molecule has 0 fully saturated rings. The maximum absolute atomic E-state index is 12.9. The summed E-state index contributed by atoms with van der Waals surface area (Å²) in [5.41, 5.74) is 1.40. The van der Waals surface area contributed by atoms with Crippen molar-refractivity contribution in [2.45, 2.75) is 40.3 Å². The topological polar surface area (TPSA) is 92.1 Å². The number of carbonyl (C=O) groups excluding carboxylic acids is 1. The summed E-state index contributed by atoms with van der Waals surface area (Å²) in [6.07, 6.45) is 0. The fraction of sp³-hybridized carbons (Fsp3) is 0.333. The van der Waals surface area contributed by atoms with Gasteiger partial charge >= 0.3 is 0 Å². The van der Waals surface area contributed by atoms with Crippen molar-refractivity contribution in [3.63, 3.8) is 0 Å². The van der Waals surface area contributed by atoms with Crippen molar-refractivity contribution in [2.24, 2.45) is 0 Å². The van der Waals surface area contributed by atoms with Gasteiger partial charge in [0.2, 0.25) is 0 Å². The van der Waals surface area contributed by atoms with E-state index in [9.17, 15) is 9.59 Å². The zero-order chi connectivity index (χ0) is 18.1. The van der Waals surface area contributed by atoms with Crippen molar-refractivity contribution in [3.8, 4) is 0 Å². The van der Waals surface area contributed by atoms with Gasteiger partial charge in [-0.15, -0.1) is 0 Å². The van der Waals surface area contributed by atoms with Crippen LogP contribution in [0.4, 0.5) is 0 Å². The summed E-state index contributed by atoms with van der Waals surface area (Å²) in [5.74, 6) is 0.729. The Hall–Kier alpha value is -2.96. The number of nitrogens with zero attached hydrogens (tertiary/aromatic N) is 3. The van der Waals surface area contributed by atoms with Gasteiger partial charge in [-0.25, -0.2) is 4.98 Å². The number of H-pyrrole nitrogens is 1. The van der Waals surface area contributed by atoms with Crippen LogP contribution in [0.25, 0.3) is 10.9 Å². The Bertz CT molecular complexity index is 968. The molecule has 2 aromatic heterocycles. The molecule has 7 nitrogen and oxygen atoms in total. The van der Waals surface area contributed by atoms with Gasteiger partial charge in [-0.1, -0.05) is 17.3 Å². The number of rotatable bonds is 4. The molecule has 0 saturated carbocycles. The van der Waals surface area contributed by atoms with Gasteiger partial charge in [-0.3, -0.25) is 9.59 Å². The lowest BCUT2D eigenvalue weighted by atomic mass is 10.1. The lowest BCUT2D eigenvalue weighted by Gasteiger charge is -2.26. The number of fused-ring (bicyclic) bond motifs is 1. The van der Waals surface area contributed by atoms with Crippen molar-refractivity contribution in [3.05, 3.63) is 57.5 Å². The quantitative estimate of drug-likeness (QED) is 0.788. The van der Waals surface area contributed by atoms with E-state index >= 15 is 0 Å². The molecule has 0 atom stereocenters. The summed E-state index contributed by atoms with van der Waals surface area (Å²) in [6, 6.07) is 7.04. The Morgan fingerprint density at radius 3 is 2.64 bits per heavy atom. The molecule has 0 bridgehead atoms. The number of para-hydroxylation sites is 1. The maximum atomic E-state index is 12.9. The highest BCUT2D eigenvalue weighted by atomic mass is 16.5. The van der Waals surface area contributed by atoms with Crippen molar-refractivity contribution in [1.82, 2.24) is 20.0 Å². The number of benzene rings is 1. The van der Waals surface area contributed by atoms with Gasteiger partial charge in [0.25, 0.3) is 11.5 Å². The molecule has 0 aliphatic rings. The van der Waals surface area contributed by atoms with Crippen LogP contribution < -0.4 is 5.56 Å². The van der Waals surface area contributed by atoms with Crippen LogP contribution in [0.5, 0.6) is 0 Å². The summed E-state index contributed by atoms with van der Waals surface area (Å²) in [6.45, 7) is 7.46. The van der Waals surface area contributed by atoms with Crippen LogP contribution in [0.2, 0.25) is 0 Å². The first-order chi connectivity index (χ1) is 11.9. The second-order valence-electron chi connectivity index (χ2n) is 6.26. The predicted octanol–water partition coefficient (Wildman–Crippen LogP) is 2.58. The number of aromatic nitrogens is 3. The molecule has 1 aromatic carbocycles. The van der Waals surface area contributed by atoms with E-state index in [0.717, 1.165) is 0 Å². The van der Waals surface area contributed by atoms with Crippen molar-refractivity contribution < 1.29 is 9.32 Å². The molecule has 3 rings (SSSR count). The molecule has 1 amide bonds. The van der Waals surface area contributed by atoms with E-state index in [1.807, 2.05) is 19.9 Å². The molecule has 3 aromatic rings. The van der Waals surface area contributed by atoms with Gasteiger partial charge in [0.1, 0.15) is 17.1 Å².